The van der Waals surface area contributed by atoms with Gasteiger partial charge in [0.15, 0.2) is 11.5 Å². The molecule has 9 nitrogen and oxygen atoms in total. The molecule has 0 radical (unpaired) electrons. The summed E-state index contributed by atoms with van der Waals surface area (Å²) < 4.78 is 10.7. The Morgan fingerprint density at radius 3 is 2.59 bits per heavy atom. The molecule has 11 heteroatoms. The van der Waals surface area contributed by atoms with Crippen molar-refractivity contribution in [3.8, 4) is 11.5 Å². The highest BCUT2D eigenvalue weighted by Gasteiger charge is 2.48. The van der Waals surface area contributed by atoms with Crippen molar-refractivity contribution < 1.29 is 33.8 Å². The van der Waals surface area contributed by atoms with E-state index in [1.807, 2.05) is 0 Å². The summed E-state index contributed by atoms with van der Waals surface area (Å²) in [4.78, 5) is 51.4. The average molecular weight is 479 g/mol. The molecule has 2 heterocycles. The van der Waals surface area contributed by atoms with Gasteiger partial charge in [-0.3, -0.25) is 29.0 Å². The normalized spacial score (nSPS) is 19.9. The van der Waals surface area contributed by atoms with Crippen molar-refractivity contribution in [2.45, 2.75) is 31.7 Å². The summed E-state index contributed by atoms with van der Waals surface area (Å²) in [6, 6.07) is 4.21. The second kappa shape index (κ2) is 10.1. The predicted molar refractivity (Wildman–Crippen MR) is 121 cm³/mol. The number of hydrogen-bond acceptors (Lipinski definition) is 8. The number of unbranched alkanes of at least 4 members (excludes halogenated alkanes) is 1. The zero-order chi connectivity index (χ0) is 23.4. The van der Waals surface area contributed by atoms with Gasteiger partial charge in [-0.05, 0) is 36.6 Å². The van der Waals surface area contributed by atoms with E-state index in [9.17, 15) is 19.2 Å². The Balaban J connectivity index is 1.73. The molecule has 32 heavy (non-hydrogen) atoms. The SMILES string of the molecule is COc1ccc(/C=C2\SC(=S)N(C3CC(=O)N(CCCCC(=O)O)C3=O)C2=O)cc1OC. The number of aliphatic carboxylic acids is 1. The van der Waals surface area contributed by atoms with Crippen molar-refractivity contribution in [3.05, 3.63) is 28.7 Å². The van der Waals surface area contributed by atoms with E-state index in [0.29, 0.717) is 34.8 Å². The molecular weight excluding hydrogens is 456 g/mol. The number of carbonyl (C=O) groups excluding carboxylic acids is 3. The summed E-state index contributed by atoms with van der Waals surface area (Å²) in [6.45, 7) is 0.123. The molecule has 1 atom stereocenters. The first-order chi connectivity index (χ1) is 15.3. The van der Waals surface area contributed by atoms with Crippen LogP contribution in [-0.2, 0) is 19.2 Å². The summed E-state index contributed by atoms with van der Waals surface area (Å²) in [6.07, 6.45) is 2.20. The number of imide groups is 1. The Labute approximate surface area is 194 Å². The summed E-state index contributed by atoms with van der Waals surface area (Å²) in [7, 11) is 3.04. The first kappa shape index (κ1) is 23.7. The number of carboxylic acids is 1. The van der Waals surface area contributed by atoms with Crippen LogP contribution in [0.1, 0.15) is 31.2 Å². The van der Waals surface area contributed by atoms with Gasteiger partial charge in [-0.1, -0.05) is 30.0 Å². The molecule has 1 unspecified atom stereocenters. The number of ether oxygens (including phenoxy) is 2. The first-order valence-corrected chi connectivity index (χ1v) is 11.0. The van der Waals surface area contributed by atoms with Gasteiger partial charge in [0.1, 0.15) is 10.4 Å². The van der Waals surface area contributed by atoms with Gasteiger partial charge in [0.2, 0.25) is 5.91 Å². The topological polar surface area (TPSA) is 113 Å². The second-order valence-corrected chi connectivity index (χ2v) is 8.80. The quantitative estimate of drug-likeness (QED) is 0.247. The molecule has 1 N–H and O–H groups in total. The molecule has 0 bridgehead atoms. The fraction of sp³-hybridized carbons (Fsp3) is 0.381. The largest absolute Gasteiger partial charge is 0.493 e. The highest BCUT2D eigenvalue weighted by atomic mass is 32.2. The molecule has 2 aliphatic rings. The van der Waals surface area contributed by atoms with E-state index in [0.717, 1.165) is 16.7 Å². The lowest BCUT2D eigenvalue weighted by Crippen LogP contribution is -2.44. The molecule has 3 amide bonds. The Kier molecular flexibility index (Phi) is 7.52. The molecule has 0 aromatic heterocycles. The van der Waals surface area contributed by atoms with Gasteiger partial charge in [-0.25, -0.2) is 0 Å². The fourth-order valence-corrected chi connectivity index (χ4v) is 4.85. The van der Waals surface area contributed by atoms with Crippen LogP contribution < -0.4 is 9.47 Å². The smallest absolute Gasteiger partial charge is 0.303 e. The van der Waals surface area contributed by atoms with Crippen LogP contribution in [0, 0.1) is 0 Å². The number of thiocarbonyl (C=S) groups is 1. The molecule has 2 fully saturated rings. The van der Waals surface area contributed by atoms with E-state index in [-0.39, 0.29) is 23.7 Å². The Morgan fingerprint density at radius 1 is 1.22 bits per heavy atom. The minimum Gasteiger partial charge on any atom is -0.493 e. The van der Waals surface area contributed by atoms with Gasteiger partial charge in [0.05, 0.1) is 25.5 Å². The van der Waals surface area contributed by atoms with E-state index in [2.05, 4.69) is 0 Å². The van der Waals surface area contributed by atoms with Crippen LogP contribution in [0.3, 0.4) is 0 Å². The lowest BCUT2D eigenvalue weighted by molar-refractivity contribution is -0.141. The third-order valence-corrected chi connectivity index (χ3v) is 6.41. The molecule has 3 rings (SSSR count). The van der Waals surface area contributed by atoms with Crippen LogP contribution in [0.25, 0.3) is 6.08 Å². The summed E-state index contributed by atoms with van der Waals surface area (Å²) in [5.74, 6) is -1.20. The second-order valence-electron chi connectivity index (χ2n) is 7.12. The third-order valence-electron chi connectivity index (χ3n) is 5.08. The van der Waals surface area contributed by atoms with Crippen molar-refractivity contribution >= 4 is 58.1 Å². The van der Waals surface area contributed by atoms with E-state index in [4.69, 9.17) is 26.8 Å². The Hall–Kier alpha value is -2.92. The fourth-order valence-electron chi connectivity index (χ4n) is 3.49. The van der Waals surface area contributed by atoms with E-state index in [1.54, 1.807) is 24.3 Å². The van der Waals surface area contributed by atoms with Crippen LogP contribution in [0.15, 0.2) is 23.1 Å². The number of nitrogens with zero attached hydrogens (tertiary/aromatic N) is 2. The molecule has 1 aromatic rings. The number of hydrogen-bond donors (Lipinski definition) is 1. The van der Waals surface area contributed by atoms with Gasteiger partial charge in [0.25, 0.3) is 11.8 Å². The van der Waals surface area contributed by atoms with Crippen molar-refractivity contribution in [3.63, 3.8) is 0 Å². The zero-order valence-corrected chi connectivity index (χ0v) is 19.2. The van der Waals surface area contributed by atoms with Crippen LogP contribution in [0.4, 0.5) is 0 Å². The third kappa shape index (κ3) is 4.94. The van der Waals surface area contributed by atoms with Crippen molar-refractivity contribution in [1.29, 1.82) is 0 Å². The number of rotatable bonds is 9. The van der Waals surface area contributed by atoms with Gasteiger partial charge in [-0.2, -0.15) is 0 Å². The highest BCUT2D eigenvalue weighted by Crippen LogP contribution is 2.37. The van der Waals surface area contributed by atoms with Crippen LogP contribution >= 0.6 is 24.0 Å². The maximum absolute atomic E-state index is 13.0. The number of carbonyl (C=O) groups is 4. The van der Waals surface area contributed by atoms with Crippen molar-refractivity contribution in [2.75, 3.05) is 20.8 Å². The number of likely N-dealkylation sites (tertiary alicyclic amines) is 1. The van der Waals surface area contributed by atoms with Gasteiger partial charge >= 0.3 is 5.97 Å². The number of amides is 3. The number of thioether (sulfide) groups is 1. The molecule has 170 valence electrons. The minimum atomic E-state index is -0.981. The van der Waals surface area contributed by atoms with Crippen LogP contribution in [0.2, 0.25) is 0 Å². The van der Waals surface area contributed by atoms with Crippen molar-refractivity contribution in [2.24, 2.45) is 0 Å². The molecule has 2 saturated heterocycles. The minimum absolute atomic E-state index is 0.0325. The first-order valence-electron chi connectivity index (χ1n) is 9.82. The van der Waals surface area contributed by atoms with E-state index < -0.39 is 29.7 Å². The molecule has 1 aromatic carbocycles. The molecule has 0 saturated carbocycles. The van der Waals surface area contributed by atoms with Gasteiger partial charge < -0.3 is 14.6 Å². The van der Waals surface area contributed by atoms with Crippen molar-refractivity contribution in [1.82, 2.24) is 9.80 Å². The zero-order valence-electron chi connectivity index (χ0n) is 17.5. The Morgan fingerprint density at radius 2 is 1.94 bits per heavy atom. The molecule has 0 spiro atoms. The lowest BCUT2D eigenvalue weighted by atomic mass is 10.1. The average Bonchev–Trinajstić information content (AvgIpc) is 3.19. The molecule has 0 aliphatic carbocycles. The standard InChI is InChI=1S/C21H22N2O7S2/c1-29-14-7-6-12(9-15(14)30-2)10-16-20(28)23(21(31)32-16)13-11-17(24)22(19(13)27)8-4-3-5-18(25)26/h6-7,9-10,13H,3-5,8,11H2,1-2H3,(H,25,26)/b16-10-. The van der Waals surface area contributed by atoms with Crippen LogP contribution in [0.5, 0.6) is 11.5 Å². The molecular formula is C21H22N2O7S2. The summed E-state index contributed by atoms with van der Waals surface area (Å²) >= 11 is 6.40. The van der Waals surface area contributed by atoms with E-state index in [1.165, 1.54) is 19.1 Å². The summed E-state index contributed by atoms with van der Waals surface area (Å²) in [5.41, 5.74) is 0.692. The number of carboxylic acid groups (broad SMARTS) is 1. The molecule has 2 aliphatic heterocycles. The maximum atomic E-state index is 13.0. The Bertz CT molecular complexity index is 1010. The monoisotopic (exact) mass is 478 g/mol. The van der Waals surface area contributed by atoms with Gasteiger partial charge in [0, 0.05) is 13.0 Å². The highest BCUT2D eigenvalue weighted by molar-refractivity contribution is 8.26. The van der Waals surface area contributed by atoms with E-state index >= 15 is 0 Å². The lowest BCUT2D eigenvalue weighted by Gasteiger charge is -2.21. The van der Waals surface area contributed by atoms with Crippen LogP contribution in [-0.4, -0.2) is 69.7 Å². The maximum Gasteiger partial charge on any atom is 0.303 e. The predicted octanol–water partition coefficient (Wildman–Crippen LogP) is 2.29. The number of benzene rings is 1. The summed E-state index contributed by atoms with van der Waals surface area (Å²) in [5, 5.41) is 8.71. The number of methoxy groups -OCH3 is 2. The van der Waals surface area contributed by atoms with Gasteiger partial charge in [-0.15, -0.1) is 0 Å².